The first kappa shape index (κ1) is 15.2. The van der Waals surface area contributed by atoms with Gasteiger partial charge in [-0.25, -0.2) is 0 Å². The summed E-state index contributed by atoms with van der Waals surface area (Å²) < 4.78 is 0. The molecule has 0 bridgehead atoms. The van der Waals surface area contributed by atoms with Crippen LogP contribution in [0, 0.1) is 5.92 Å². The van der Waals surface area contributed by atoms with Crippen LogP contribution in [0.3, 0.4) is 0 Å². The van der Waals surface area contributed by atoms with Gasteiger partial charge in [-0.05, 0) is 30.9 Å². The second-order valence-corrected chi connectivity index (χ2v) is 6.50. The van der Waals surface area contributed by atoms with Crippen molar-refractivity contribution in [1.29, 1.82) is 0 Å². The fourth-order valence-corrected chi connectivity index (χ4v) is 3.35. The second-order valence-electron chi connectivity index (χ2n) is 5.33. The summed E-state index contributed by atoms with van der Waals surface area (Å²) >= 11 is 1.88. The van der Waals surface area contributed by atoms with Crippen molar-refractivity contribution in [2.45, 2.75) is 24.7 Å². The van der Waals surface area contributed by atoms with Crippen molar-refractivity contribution in [2.24, 2.45) is 10.9 Å². The molecular weight excluding hydrogens is 266 g/mol. The summed E-state index contributed by atoms with van der Waals surface area (Å²) in [5.74, 6) is 2.90. The van der Waals surface area contributed by atoms with E-state index in [0.29, 0.717) is 0 Å². The summed E-state index contributed by atoms with van der Waals surface area (Å²) in [6, 6.07) is 10.5. The van der Waals surface area contributed by atoms with Crippen LogP contribution in [0.4, 0.5) is 0 Å². The highest BCUT2D eigenvalue weighted by Gasteiger charge is 2.18. The summed E-state index contributed by atoms with van der Waals surface area (Å²) in [4.78, 5) is 8.13. The Morgan fingerprint density at radius 1 is 1.40 bits per heavy atom. The van der Waals surface area contributed by atoms with Crippen LogP contribution < -0.4 is 5.32 Å². The highest BCUT2D eigenvalue weighted by atomic mass is 32.2. The van der Waals surface area contributed by atoms with Gasteiger partial charge < -0.3 is 10.2 Å². The van der Waals surface area contributed by atoms with E-state index in [0.717, 1.165) is 37.3 Å². The van der Waals surface area contributed by atoms with Gasteiger partial charge in [-0.2, -0.15) is 0 Å². The van der Waals surface area contributed by atoms with Crippen molar-refractivity contribution in [3.05, 3.63) is 30.3 Å². The molecule has 0 amide bonds. The average Bonchev–Trinajstić information content (AvgIpc) is 2.48. The molecule has 0 spiro atoms. The molecule has 1 heterocycles. The number of likely N-dealkylation sites (tertiary alicyclic amines) is 1. The van der Waals surface area contributed by atoms with Crippen LogP contribution in [0.15, 0.2) is 40.2 Å². The smallest absolute Gasteiger partial charge is 0.193 e. The minimum atomic E-state index is 0.779. The number of benzene rings is 1. The Labute approximate surface area is 126 Å². The molecule has 1 fully saturated rings. The van der Waals surface area contributed by atoms with Gasteiger partial charge in [-0.1, -0.05) is 25.1 Å². The molecule has 1 aromatic carbocycles. The van der Waals surface area contributed by atoms with Gasteiger partial charge in [0.25, 0.3) is 0 Å². The van der Waals surface area contributed by atoms with Crippen molar-refractivity contribution in [1.82, 2.24) is 10.2 Å². The standard InChI is InChI=1S/C16H25N3S/c1-14-7-6-11-19(13-14)16(17-2)18-10-12-20-15-8-4-3-5-9-15/h3-5,8-9,14H,6-7,10-13H2,1-2H3,(H,17,18). The second kappa shape index (κ2) is 8.20. The fraction of sp³-hybridized carbons (Fsp3) is 0.562. The summed E-state index contributed by atoms with van der Waals surface area (Å²) in [7, 11) is 1.88. The summed E-state index contributed by atoms with van der Waals surface area (Å²) in [6.07, 6.45) is 2.62. The van der Waals surface area contributed by atoms with Crippen molar-refractivity contribution in [3.63, 3.8) is 0 Å². The van der Waals surface area contributed by atoms with Gasteiger partial charge in [0.05, 0.1) is 0 Å². The minimum absolute atomic E-state index is 0.779. The molecule has 1 N–H and O–H groups in total. The quantitative estimate of drug-likeness (QED) is 0.400. The molecule has 1 aliphatic heterocycles. The summed E-state index contributed by atoms with van der Waals surface area (Å²) in [5, 5.41) is 3.49. The maximum absolute atomic E-state index is 4.41. The predicted molar refractivity (Wildman–Crippen MR) is 88.5 cm³/mol. The first-order valence-electron chi connectivity index (χ1n) is 7.43. The molecule has 0 aromatic heterocycles. The molecular formula is C16H25N3S. The number of aliphatic imine (C=N–C) groups is 1. The van der Waals surface area contributed by atoms with E-state index in [1.54, 1.807) is 0 Å². The van der Waals surface area contributed by atoms with Crippen molar-refractivity contribution < 1.29 is 0 Å². The molecule has 20 heavy (non-hydrogen) atoms. The molecule has 0 radical (unpaired) electrons. The first-order valence-corrected chi connectivity index (χ1v) is 8.41. The lowest BCUT2D eigenvalue weighted by Gasteiger charge is -2.33. The SMILES string of the molecule is CN=C(NCCSc1ccccc1)N1CCCC(C)C1. The summed E-state index contributed by atoms with van der Waals surface area (Å²) in [5.41, 5.74) is 0. The monoisotopic (exact) mass is 291 g/mol. The zero-order valence-corrected chi connectivity index (χ0v) is 13.3. The number of thioether (sulfide) groups is 1. The van der Waals surface area contributed by atoms with Gasteiger partial charge in [-0.3, -0.25) is 4.99 Å². The molecule has 2 rings (SSSR count). The number of guanidine groups is 1. The molecule has 0 aliphatic carbocycles. The highest BCUT2D eigenvalue weighted by molar-refractivity contribution is 7.99. The molecule has 110 valence electrons. The minimum Gasteiger partial charge on any atom is -0.355 e. The largest absolute Gasteiger partial charge is 0.355 e. The van der Waals surface area contributed by atoms with Crippen LogP contribution in [0.5, 0.6) is 0 Å². The van der Waals surface area contributed by atoms with Crippen LogP contribution >= 0.6 is 11.8 Å². The number of nitrogens with one attached hydrogen (secondary N) is 1. The Kier molecular flexibility index (Phi) is 6.25. The van der Waals surface area contributed by atoms with Crippen molar-refractivity contribution >= 4 is 17.7 Å². The van der Waals surface area contributed by atoms with Crippen molar-refractivity contribution in [3.8, 4) is 0 Å². The van der Waals surface area contributed by atoms with Crippen LogP contribution in [-0.2, 0) is 0 Å². The number of hydrogen-bond donors (Lipinski definition) is 1. The van der Waals surface area contributed by atoms with Gasteiger partial charge in [0, 0.05) is 37.3 Å². The molecule has 4 heteroatoms. The van der Waals surface area contributed by atoms with Gasteiger partial charge in [0.1, 0.15) is 0 Å². The Balaban J connectivity index is 1.71. The lowest BCUT2D eigenvalue weighted by atomic mass is 10.0. The first-order chi connectivity index (χ1) is 9.79. The molecule has 1 atom stereocenters. The third kappa shape index (κ3) is 4.75. The van der Waals surface area contributed by atoms with E-state index in [4.69, 9.17) is 0 Å². The third-order valence-corrected chi connectivity index (χ3v) is 4.58. The zero-order valence-electron chi connectivity index (χ0n) is 12.5. The average molecular weight is 291 g/mol. The Morgan fingerprint density at radius 3 is 2.90 bits per heavy atom. The lowest BCUT2D eigenvalue weighted by Crippen LogP contribution is -2.46. The molecule has 1 aliphatic rings. The van der Waals surface area contributed by atoms with E-state index in [-0.39, 0.29) is 0 Å². The maximum Gasteiger partial charge on any atom is 0.193 e. The zero-order chi connectivity index (χ0) is 14.2. The van der Waals surface area contributed by atoms with Gasteiger partial charge in [0.2, 0.25) is 0 Å². The van der Waals surface area contributed by atoms with Gasteiger partial charge >= 0.3 is 0 Å². The lowest BCUT2D eigenvalue weighted by molar-refractivity contribution is 0.266. The summed E-state index contributed by atoms with van der Waals surface area (Å²) in [6.45, 7) is 5.54. The molecule has 0 saturated carbocycles. The predicted octanol–water partition coefficient (Wildman–Crippen LogP) is 3.09. The Bertz CT molecular complexity index is 419. The van der Waals surface area contributed by atoms with Crippen LogP contribution in [0.1, 0.15) is 19.8 Å². The highest BCUT2D eigenvalue weighted by Crippen LogP contribution is 2.17. The Hall–Kier alpha value is -1.16. The van der Waals surface area contributed by atoms with E-state index < -0.39 is 0 Å². The number of piperidine rings is 1. The fourth-order valence-electron chi connectivity index (χ4n) is 2.56. The van der Waals surface area contributed by atoms with Gasteiger partial charge in [-0.15, -0.1) is 11.8 Å². The molecule has 1 unspecified atom stereocenters. The van der Waals surface area contributed by atoms with E-state index in [1.165, 1.54) is 17.7 Å². The number of nitrogens with zero attached hydrogens (tertiary/aromatic N) is 2. The van der Waals surface area contributed by atoms with Crippen molar-refractivity contribution in [2.75, 3.05) is 32.4 Å². The van der Waals surface area contributed by atoms with Gasteiger partial charge in [0.15, 0.2) is 5.96 Å². The molecule has 1 aromatic rings. The third-order valence-electron chi connectivity index (χ3n) is 3.57. The molecule has 1 saturated heterocycles. The maximum atomic E-state index is 4.41. The van der Waals surface area contributed by atoms with Crippen LogP contribution in [-0.4, -0.2) is 43.3 Å². The molecule has 3 nitrogen and oxygen atoms in total. The topological polar surface area (TPSA) is 27.6 Å². The Morgan fingerprint density at radius 2 is 2.20 bits per heavy atom. The van der Waals surface area contributed by atoms with E-state index in [2.05, 4.69) is 52.5 Å². The van der Waals surface area contributed by atoms with E-state index >= 15 is 0 Å². The van der Waals surface area contributed by atoms with E-state index in [1.807, 2.05) is 18.8 Å². The van der Waals surface area contributed by atoms with E-state index in [9.17, 15) is 0 Å². The normalized spacial score (nSPS) is 20.0. The van der Waals surface area contributed by atoms with Crippen LogP contribution in [0.2, 0.25) is 0 Å². The van der Waals surface area contributed by atoms with Crippen LogP contribution in [0.25, 0.3) is 0 Å². The number of rotatable bonds is 4. The number of hydrogen-bond acceptors (Lipinski definition) is 2.